The van der Waals surface area contributed by atoms with E-state index < -0.39 is 0 Å². The normalized spacial score (nSPS) is 12.3. The summed E-state index contributed by atoms with van der Waals surface area (Å²) in [5.41, 5.74) is 7.24. The smallest absolute Gasteiger partial charge is 0.183 e. The Morgan fingerprint density at radius 2 is 2.21 bits per heavy atom. The van der Waals surface area contributed by atoms with E-state index in [1.54, 1.807) is 20.2 Å². The van der Waals surface area contributed by atoms with Crippen LogP contribution in [0, 0.1) is 5.82 Å². The van der Waals surface area contributed by atoms with Gasteiger partial charge in [0.25, 0.3) is 0 Å². The fourth-order valence-corrected chi connectivity index (χ4v) is 2.69. The van der Waals surface area contributed by atoms with Crippen LogP contribution in [0.5, 0.6) is 5.75 Å². The number of aromatic nitrogens is 1. The monoisotopic (exact) mass is 281 g/mol. The molecule has 0 bridgehead atoms. The van der Waals surface area contributed by atoms with E-state index in [2.05, 4.69) is 10.3 Å². The minimum atomic E-state index is -0.328. The first-order valence-electron chi connectivity index (χ1n) is 5.84. The molecule has 0 saturated heterocycles. The summed E-state index contributed by atoms with van der Waals surface area (Å²) < 4.78 is 18.7. The number of nitrogens with one attached hydrogen (secondary N) is 1. The Morgan fingerprint density at radius 1 is 1.47 bits per heavy atom. The van der Waals surface area contributed by atoms with Crippen LogP contribution in [0.4, 0.5) is 9.52 Å². The second-order valence-electron chi connectivity index (χ2n) is 4.12. The number of hydrogen-bond donors (Lipinski definition) is 2. The summed E-state index contributed by atoms with van der Waals surface area (Å²) in [6.07, 6.45) is 0. The zero-order valence-electron chi connectivity index (χ0n) is 11.0. The molecule has 0 spiro atoms. The Bertz CT molecular complexity index is 583. The van der Waals surface area contributed by atoms with Gasteiger partial charge in [-0.1, -0.05) is 11.3 Å². The number of anilines is 1. The van der Waals surface area contributed by atoms with Crippen molar-refractivity contribution in [3.63, 3.8) is 0 Å². The summed E-state index contributed by atoms with van der Waals surface area (Å²) >= 11 is 1.46. The molecule has 1 aromatic carbocycles. The number of halogens is 1. The topological polar surface area (TPSA) is 60.2 Å². The second kappa shape index (κ2) is 5.54. The first-order chi connectivity index (χ1) is 9.06. The van der Waals surface area contributed by atoms with Gasteiger partial charge in [0.2, 0.25) is 0 Å². The van der Waals surface area contributed by atoms with Crippen LogP contribution in [0.2, 0.25) is 0 Å². The van der Waals surface area contributed by atoms with Crippen molar-refractivity contribution in [3.05, 3.63) is 28.9 Å². The van der Waals surface area contributed by atoms with Crippen LogP contribution in [0.25, 0.3) is 11.3 Å². The molecule has 0 saturated carbocycles. The molecule has 1 atom stereocenters. The van der Waals surface area contributed by atoms with Crippen LogP contribution >= 0.6 is 11.3 Å². The Kier molecular flexibility index (Phi) is 4.01. The zero-order chi connectivity index (χ0) is 14.0. The molecule has 0 fully saturated rings. The molecular weight excluding hydrogens is 265 g/mol. The summed E-state index contributed by atoms with van der Waals surface area (Å²) in [5.74, 6) is 0.252. The number of benzene rings is 1. The van der Waals surface area contributed by atoms with Gasteiger partial charge in [-0.25, -0.2) is 9.37 Å². The van der Waals surface area contributed by atoms with Gasteiger partial charge < -0.3 is 15.8 Å². The van der Waals surface area contributed by atoms with Crippen molar-refractivity contribution in [1.29, 1.82) is 0 Å². The third-order valence-corrected chi connectivity index (χ3v) is 3.97. The van der Waals surface area contributed by atoms with Gasteiger partial charge >= 0.3 is 0 Å². The lowest BCUT2D eigenvalue weighted by Gasteiger charge is -2.09. The summed E-state index contributed by atoms with van der Waals surface area (Å²) in [4.78, 5) is 5.35. The maximum Gasteiger partial charge on any atom is 0.183 e. The van der Waals surface area contributed by atoms with E-state index in [0.717, 1.165) is 10.0 Å². The molecule has 0 amide bonds. The maximum atomic E-state index is 13.5. The number of nitrogens with zero attached hydrogens (tertiary/aromatic N) is 1. The first kappa shape index (κ1) is 13.8. The molecule has 3 N–H and O–H groups in total. The van der Waals surface area contributed by atoms with Crippen molar-refractivity contribution in [3.8, 4) is 17.0 Å². The fourth-order valence-electron chi connectivity index (χ4n) is 1.81. The van der Waals surface area contributed by atoms with Crippen LogP contribution < -0.4 is 15.8 Å². The van der Waals surface area contributed by atoms with Crippen molar-refractivity contribution >= 4 is 16.5 Å². The van der Waals surface area contributed by atoms with E-state index in [9.17, 15) is 4.39 Å². The molecule has 1 aromatic heterocycles. The average molecular weight is 281 g/mol. The molecule has 0 aliphatic rings. The highest BCUT2D eigenvalue weighted by atomic mass is 32.1. The number of nitrogens with two attached hydrogens (primary N) is 1. The quantitative estimate of drug-likeness (QED) is 0.904. The average Bonchev–Trinajstić information content (AvgIpc) is 2.83. The van der Waals surface area contributed by atoms with Crippen LogP contribution in [-0.2, 0) is 0 Å². The summed E-state index contributed by atoms with van der Waals surface area (Å²) in [7, 11) is 3.34. The van der Waals surface area contributed by atoms with Crippen LogP contribution in [-0.4, -0.2) is 19.1 Å². The zero-order valence-corrected chi connectivity index (χ0v) is 11.8. The van der Waals surface area contributed by atoms with Crippen LogP contribution in [0.15, 0.2) is 18.2 Å². The van der Waals surface area contributed by atoms with Crippen molar-refractivity contribution < 1.29 is 9.13 Å². The summed E-state index contributed by atoms with van der Waals surface area (Å²) in [5, 5.41) is 3.73. The molecule has 2 aromatic rings. The predicted octanol–water partition coefficient (Wildman–Crippen LogP) is 3.02. The molecule has 102 valence electrons. The SMILES string of the molecule is CNc1nc(-c2cc(F)ccc2OC)c(C(C)N)s1. The lowest BCUT2D eigenvalue weighted by Crippen LogP contribution is -2.04. The van der Waals surface area contributed by atoms with E-state index in [1.807, 2.05) is 6.92 Å². The maximum absolute atomic E-state index is 13.5. The molecule has 0 radical (unpaired) electrons. The van der Waals surface area contributed by atoms with E-state index >= 15 is 0 Å². The number of ether oxygens (including phenoxy) is 1. The van der Waals surface area contributed by atoms with Gasteiger partial charge in [0.1, 0.15) is 11.6 Å². The van der Waals surface area contributed by atoms with Gasteiger partial charge in [-0.3, -0.25) is 0 Å². The first-order valence-corrected chi connectivity index (χ1v) is 6.66. The Labute approximate surface area is 115 Å². The van der Waals surface area contributed by atoms with Crippen LogP contribution in [0.1, 0.15) is 17.8 Å². The van der Waals surface area contributed by atoms with Gasteiger partial charge in [-0.2, -0.15) is 0 Å². The molecule has 2 rings (SSSR count). The predicted molar refractivity (Wildman–Crippen MR) is 76.2 cm³/mol. The fraction of sp³-hybridized carbons (Fsp3) is 0.308. The lowest BCUT2D eigenvalue weighted by molar-refractivity contribution is 0.415. The number of rotatable bonds is 4. The molecule has 0 aliphatic carbocycles. The molecule has 1 unspecified atom stereocenters. The van der Waals surface area contributed by atoms with E-state index in [1.165, 1.54) is 23.5 Å². The molecular formula is C13H16FN3OS. The highest BCUT2D eigenvalue weighted by Gasteiger charge is 2.19. The standard InChI is InChI=1S/C13H16FN3OS/c1-7(15)12-11(17-13(16-2)19-12)9-6-8(14)4-5-10(9)18-3/h4-7H,15H2,1-3H3,(H,16,17). The number of methoxy groups -OCH3 is 1. The Balaban J connectivity index is 2.63. The minimum Gasteiger partial charge on any atom is -0.496 e. The van der Waals surface area contributed by atoms with Gasteiger partial charge in [0.05, 0.1) is 17.7 Å². The van der Waals surface area contributed by atoms with Crippen molar-refractivity contribution in [1.82, 2.24) is 4.98 Å². The van der Waals surface area contributed by atoms with Gasteiger partial charge in [0.15, 0.2) is 5.13 Å². The largest absolute Gasteiger partial charge is 0.496 e. The third kappa shape index (κ3) is 2.69. The van der Waals surface area contributed by atoms with Gasteiger partial charge in [-0.15, -0.1) is 0 Å². The number of thiazole rings is 1. The number of hydrogen-bond acceptors (Lipinski definition) is 5. The lowest BCUT2D eigenvalue weighted by atomic mass is 10.1. The highest BCUT2D eigenvalue weighted by Crippen LogP contribution is 2.38. The molecule has 4 nitrogen and oxygen atoms in total. The Hall–Kier alpha value is -1.66. The van der Waals surface area contributed by atoms with Crippen molar-refractivity contribution in [2.75, 3.05) is 19.5 Å². The molecule has 19 heavy (non-hydrogen) atoms. The van der Waals surface area contributed by atoms with E-state index in [0.29, 0.717) is 17.0 Å². The molecule has 1 heterocycles. The van der Waals surface area contributed by atoms with E-state index in [-0.39, 0.29) is 11.9 Å². The van der Waals surface area contributed by atoms with Gasteiger partial charge in [0, 0.05) is 18.7 Å². The second-order valence-corrected chi connectivity index (χ2v) is 5.15. The summed E-state index contributed by atoms with van der Waals surface area (Å²) in [6.45, 7) is 1.88. The third-order valence-electron chi connectivity index (χ3n) is 2.70. The molecule has 6 heteroatoms. The molecule has 0 aliphatic heterocycles. The van der Waals surface area contributed by atoms with E-state index in [4.69, 9.17) is 10.5 Å². The van der Waals surface area contributed by atoms with Gasteiger partial charge in [-0.05, 0) is 25.1 Å². The summed E-state index contributed by atoms with van der Waals surface area (Å²) in [6, 6.07) is 4.19. The highest BCUT2D eigenvalue weighted by molar-refractivity contribution is 7.16. The van der Waals surface area contributed by atoms with Crippen molar-refractivity contribution in [2.24, 2.45) is 5.73 Å². The minimum absolute atomic E-state index is 0.178. The van der Waals surface area contributed by atoms with Crippen LogP contribution in [0.3, 0.4) is 0 Å². The van der Waals surface area contributed by atoms with Crippen molar-refractivity contribution in [2.45, 2.75) is 13.0 Å². The Morgan fingerprint density at radius 3 is 2.79 bits per heavy atom.